The molecule has 0 fully saturated rings. The van der Waals surface area contributed by atoms with Gasteiger partial charge in [0.05, 0.1) is 6.10 Å². The van der Waals surface area contributed by atoms with E-state index in [0.29, 0.717) is 0 Å². The highest BCUT2D eigenvalue weighted by atomic mass is 19.1. The molecule has 0 radical (unpaired) electrons. The maximum absolute atomic E-state index is 12.9. The van der Waals surface area contributed by atoms with Gasteiger partial charge in [-0.3, -0.25) is 0 Å². The van der Waals surface area contributed by atoms with Crippen molar-refractivity contribution >= 4 is 6.08 Å². The first kappa shape index (κ1) is 12.5. The molecular formula is C16H15FO. The van der Waals surface area contributed by atoms with Gasteiger partial charge in [-0.1, -0.05) is 42.5 Å². The second-order valence-corrected chi connectivity index (χ2v) is 4.23. The SMILES string of the molecule is CC(O)/C=C/c1cccc(-c2ccc(F)cc2)c1. The predicted molar refractivity (Wildman–Crippen MR) is 72.6 cm³/mol. The monoisotopic (exact) mass is 242 g/mol. The smallest absolute Gasteiger partial charge is 0.123 e. The van der Waals surface area contributed by atoms with Gasteiger partial charge in [0.15, 0.2) is 0 Å². The van der Waals surface area contributed by atoms with E-state index in [1.807, 2.05) is 30.3 Å². The minimum Gasteiger partial charge on any atom is -0.389 e. The predicted octanol–water partition coefficient (Wildman–Crippen LogP) is 3.89. The first-order valence-electron chi connectivity index (χ1n) is 5.87. The van der Waals surface area contributed by atoms with Crippen molar-refractivity contribution in [2.75, 3.05) is 0 Å². The zero-order valence-corrected chi connectivity index (χ0v) is 10.2. The Kier molecular flexibility index (Phi) is 3.90. The third-order valence-corrected chi connectivity index (χ3v) is 2.63. The summed E-state index contributed by atoms with van der Waals surface area (Å²) in [5.41, 5.74) is 3.02. The van der Waals surface area contributed by atoms with E-state index in [1.54, 1.807) is 25.1 Å². The van der Waals surface area contributed by atoms with Crippen molar-refractivity contribution in [2.45, 2.75) is 13.0 Å². The van der Waals surface area contributed by atoms with Crippen LogP contribution >= 0.6 is 0 Å². The highest BCUT2D eigenvalue weighted by Crippen LogP contribution is 2.21. The maximum Gasteiger partial charge on any atom is 0.123 e. The lowest BCUT2D eigenvalue weighted by atomic mass is 10.0. The number of hydrogen-bond donors (Lipinski definition) is 1. The van der Waals surface area contributed by atoms with Crippen LogP contribution in [0.5, 0.6) is 0 Å². The molecule has 2 rings (SSSR count). The van der Waals surface area contributed by atoms with Crippen LogP contribution in [0.25, 0.3) is 17.2 Å². The van der Waals surface area contributed by atoms with E-state index in [0.717, 1.165) is 16.7 Å². The third kappa shape index (κ3) is 3.28. The van der Waals surface area contributed by atoms with Crippen molar-refractivity contribution in [3.05, 3.63) is 66.0 Å². The lowest BCUT2D eigenvalue weighted by Crippen LogP contribution is -1.91. The molecule has 0 spiro atoms. The van der Waals surface area contributed by atoms with Crippen molar-refractivity contribution in [1.82, 2.24) is 0 Å². The number of aliphatic hydroxyl groups excluding tert-OH is 1. The molecule has 2 heteroatoms. The molecule has 18 heavy (non-hydrogen) atoms. The van der Waals surface area contributed by atoms with Gasteiger partial charge in [-0.25, -0.2) is 4.39 Å². The molecule has 0 aromatic heterocycles. The van der Waals surface area contributed by atoms with Crippen LogP contribution in [0.4, 0.5) is 4.39 Å². The lowest BCUT2D eigenvalue weighted by molar-refractivity contribution is 0.245. The minimum absolute atomic E-state index is 0.232. The largest absolute Gasteiger partial charge is 0.389 e. The number of benzene rings is 2. The average molecular weight is 242 g/mol. The van der Waals surface area contributed by atoms with E-state index >= 15 is 0 Å². The Morgan fingerprint density at radius 2 is 1.78 bits per heavy atom. The number of rotatable bonds is 3. The normalized spacial score (nSPS) is 12.8. The van der Waals surface area contributed by atoms with Crippen LogP contribution in [-0.2, 0) is 0 Å². The summed E-state index contributed by atoms with van der Waals surface area (Å²) in [6.07, 6.45) is 3.14. The quantitative estimate of drug-likeness (QED) is 0.865. The first-order valence-corrected chi connectivity index (χ1v) is 5.87. The highest BCUT2D eigenvalue weighted by molar-refractivity contribution is 5.67. The van der Waals surface area contributed by atoms with E-state index in [4.69, 9.17) is 0 Å². The van der Waals surface area contributed by atoms with Gasteiger partial charge >= 0.3 is 0 Å². The molecule has 0 amide bonds. The fraction of sp³-hybridized carbons (Fsp3) is 0.125. The van der Waals surface area contributed by atoms with Crippen LogP contribution in [-0.4, -0.2) is 11.2 Å². The summed E-state index contributed by atoms with van der Waals surface area (Å²) in [7, 11) is 0. The Hall–Kier alpha value is -1.93. The molecular weight excluding hydrogens is 227 g/mol. The van der Waals surface area contributed by atoms with Crippen molar-refractivity contribution in [3.63, 3.8) is 0 Å². The minimum atomic E-state index is -0.459. The van der Waals surface area contributed by atoms with Crippen molar-refractivity contribution in [2.24, 2.45) is 0 Å². The van der Waals surface area contributed by atoms with Crippen molar-refractivity contribution in [1.29, 1.82) is 0 Å². The van der Waals surface area contributed by atoms with Crippen LogP contribution < -0.4 is 0 Å². The number of halogens is 1. The summed E-state index contributed by atoms with van der Waals surface area (Å²) in [6.45, 7) is 1.71. The van der Waals surface area contributed by atoms with Crippen molar-refractivity contribution < 1.29 is 9.50 Å². The molecule has 1 atom stereocenters. The molecule has 0 bridgehead atoms. The number of aliphatic hydroxyl groups is 1. The third-order valence-electron chi connectivity index (χ3n) is 2.63. The van der Waals surface area contributed by atoms with E-state index < -0.39 is 6.10 Å². The summed E-state index contributed by atoms with van der Waals surface area (Å²) < 4.78 is 12.9. The van der Waals surface area contributed by atoms with Gasteiger partial charge in [-0.15, -0.1) is 0 Å². The Labute approximate surface area is 106 Å². The molecule has 92 valence electrons. The van der Waals surface area contributed by atoms with Gasteiger partial charge in [0.25, 0.3) is 0 Å². The van der Waals surface area contributed by atoms with E-state index in [-0.39, 0.29) is 5.82 Å². The standard InChI is InChI=1S/C16H15FO/c1-12(18)5-6-13-3-2-4-15(11-13)14-7-9-16(17)10-8-14/h2-12,18H,1H3/b6-5+. The zero-order chi connectivity index (χ0) is 13.0. The van der Waals surface area contributed by atoms with Crippen LogP contribution in [0.2, 0.25) is 0 Å². The fourth-order valence-electron chi connectivity index (χ4n) is 1.71. The molecule has 1 unspecified atom stereocenters. The second-order valence-electron chi connectivity index (χ2n) is 4.23. The second kappa shape index (κ2) is 5.61. The van der Waals surface area contributed by atoms with Gasteiger partial charge in [0.1, 0.15) is 5.82 Å². The van der Waals surface area contributed by atoms with E-state index in [1.165, 1.54) is 12.1 Å². The molecule has 0 saturated carbocycles. The molecule has 0 aliphatic rings. The molecule has 0 aliphatic heterocycles. The summed E-state index contributed by atoms with van der Waals surface area (Å²) in [6, 6.07) is 14.3. The molecule has 2 aromatic carbocycles. The Morgan fingerprint density at radius 1 is 1.06 bits per heavy atom. The summed E-state index contributed by atoms with van der Waals surface area (Å²) >= 11 is 0. The fourth-order valence-corrected chi connectivity index (χ4v) is 1.71. The van der Waals surface area contributed by atoms with Crippen LogP contribution in [0.15, 0.2) is 54.6 Å². The molecule has 2 aromatic rings. The Balaban J connectivity index is 2.29. The van der Waals surface area contributed by atoms with Crippen LogP contribution in [0, 0.1) is 5.82 Å². The molecule has 0 aliphatic carbocycles. The van der Waals surface area contributed by atoms with Crippen LogP contribution in [0.3, 0.4) is 0 Å². The summed E-state index contributed by atoms with van der Waals surface area (Å²) in [5, 5.41) is 9.20. The lowest BCUT2D eigenvalue weighted by Gasteiger charge is -2.03. The zero-order valence-electron chi connectivity index (χ0n) is 10.2. The topological polar surface area (TPSA) is 20.2 Å². The summed E-state index contributed by atoms with van der Waals surface area (Å²) in [5.74, 6) is -0.232. The molecule has 1 nitrogen and oxygen atoms in total. The molecule has 1 N–H and O–H groups in total. The maximum atomic E-state index is 12.9. The highest BCUT2D eigenvalue weighted by Gasteiger charge is 1.98. The molecule has 0 saturated heterocycles. The van der Waals surface area contributed by atoms with Gasteiger partial charge in [-0.05, 0) is 41.8 Å². The van der Waals surface area contributed by atoms with E-state index in [9.17, 15) is 9.50 Å². The van der Waals surface area contributed by atoms with Gasteiger partial charge in [0, 0.05) is 0 Å². The summed E-state index contributed by atoms with van der Waals surface area (Å²) in [4.78, 5) is 0. The van der Waals surface area contributed by atoms with Gasteiger partial charge < -0.3 is 5.11 Å². The van der Waals surface area contributed by atoms with Crippen molar-refractivity contribution in [3.8, 4) is 11.1 Å². The average Bonchev–Trinajstić information content (AvgIpc) is 2.37. The molecule has 0 heterocycles. The number of hydrogen-bond acceptors (Lipinski definition) is 1. The Bertz CT molecular complexity index is 541. The first-order chi connectivity index (χ1) is 8.65. The van der Waals surface area contributed by atoms with Gasteiger partial charge in [-0.2, -0.15) is 0 Å². The van der Waals surface area contributed by atoms with Gasteiger partial charge in [0.2, 0.25) is 0 Å². The van der Waals surface area contributed by atoms with E-state index in [2.05, 4.69) is 0 Å². The van der Waals surface area contributed by atoms with Crippen LogP contribution in [0.1, 0.15) is 12.5 Å². The Morgan fingerprint density at radius 3 is 2.44 bits per heavy atom.